The van der Waals surface area contributed by atoms with Crippen molar-refractivity contribution in [2.75, 3.05) is 52.4 Å². The Morgan fingerprint density at radius 2 is 2.09 bits per heavy atom. The van der Waals surface area contributed by atoms with Gasteiger partial charge >= 0.3 is 0 Å². The summed E-state index contributed by atoms with van der Waals surface area (Å²) in [5.41, 5.74) is 2.98. The quantitative estimate of drug-likeness (QED) is 0.381. The number of hydrogen-bond donors (Lipinski definition) is 3. The van der Waals surface area contributed by atoms with E-state index in [1.807, 2.05) is 12.1 Å². The second-order valence-electron chi connectivity index (χ2n) is 8.29. The zero-order valence-corrected chi connectivity index (χ0v) is 18.7. The van der Waals surface area contributed by atoms with Gasteiger partial charge in [-0.3, -0.25) is 14.6 Å². The molecule has 1 aromatic heterocycles. The van der Waals surface area contributed by atoms with Crippen LogP contribution in [0.1, 0.15) is 48.4 Å². The fourth-order valence-corrected chi connectivity index (χ4v) is 4.05. The number of β-amino-alcohol motifs (C(OH)–C–C–N with tert-alkyl or cyclic N) is 1. The number of hydrogen-bond acceptors (Lipinski definition) is 6. The Morgan fingerprint density at radius 3 is 2.78 bits per heavy atom. The molecule has 8 nitrogen and oxygen atoms in total. The number of allylic oxidation sites excluding steroid dienone is 3. The third-order valence-electron chi connectivity index (χ3n) is 5.92. The molecule has 0 unspecified atom stereocenters. The minimum atomic E-state index is -0.325. The van der Waals surface area contributed by atoms with Crippen molar-refractivity contribution >= 4 is 5.91 Å². The number of aliphatic hydroxyl groups excluding tert-OH is 1. The van der Waals surface area contributed by atoms with Crippen LogP contribution in [0, 0.1) is 11.3 Å². The molecule has 1 saturated heterocycles. The fourth-order valence-electron chi connectivity index (χ4n) is 4.05. The van der Waals surface area contributed by atoms with Gasteiger partial charge in [0.15, 0.2) is 11.5 Å². The number of imidazole rings is 1. The first-order chi connectivity index (χ1) is 15.7. The number of nitriles is 1. The number of amides is 1. The molecule has 1 amide bonds. The lowest BCUT2D eigenvalue weighted by atomic mass is 9.96. The molecule has 2 heterocycles. The minimum Gasteiger partial charge on any atom is -0.395 e. The molecular formula is C24H34N6O2. The Balaban J connectivity index is 1.54. The van der Waals surface area contributed by atoms with Crippen LogP contribution in [0.5, 0.6) is 0 Å². The maximum atomic E-state index is 12.2. The molecule has 1 aliphatic carbocycles. The first kappa shape index (κ1) is 23.9. The van der Waals surface area contributed by atoms with Crippen LogP contribution in [0.25, 0.3) is 0 Å². The Kier molecular flexibility index (Phi) is 9.69. The van der Waals surface area contributed by atoms with E-state index in [1.165, 1.54) is 43.0 Å². The highest BCUT2D eigenvalue weighted by molar-refractivity contribution is 5.90. The molecule has 172 valence electrons. The van der Waals surface area contributed by atoms with E-state index in [9.17, 15) is 4.79 Å². The van der Waals surface area contributed by atoms with Gasteiger partial charge in [-0.05, 0) is 37.7 Å². The van der Waals surface area contributed by atoms with Crippen molar-refractivity contribution in [3.63, 3.8) is 0 Å². The summed E-state index contributed by atoms with van der Waals surface area (Å²) in [4.78, 5) is 23.5. The first-order valence-corrected chi connectivity index (χ1v) is 11.5. The van der Waals surface area contributed by atoms with E-state index in [1.54, 1.807) is 0 Å². The van der Waals surface area contributed by atoms with E-state index in [0.717, 1.165) is 45.7 Å². The zero-order valence-electron chi connectivity index (χ0n) is 18.7. The second-order valence-corrected chi connectivity index (χ2v) is 8.29. The highest BCUT2D eigenvalue weighted by atomic mass is 16.3. The van der Waals surface area contributed by atoms with E-state index in [0.29, 0.717) is 6.54 Å². The lowest BCUT2D eigenvalue weighted by Gasteiger charge is -2.34. The van der Waals surface area contributed by atoms with Crippen LogP contribution in [0.2, 0.25) is 0 Å². The molecule has 1 fully saturated rings. The zero-order chi connectivity index (χ0) is 22.6. The number of carbonyl (C=O) groups excluding carboxylic acids is 1. The summed E-state index contributed by atoms with van der Waals surface area (Å²) in [5.74, 6) is -0.176. The molecule has 2 aliphatic rings. The molecule has 3 N–H and O–H groups in total. The smallest absolute Gasteiger partial charge is 0.287 e. The summed E-state index contributed by atoms with van der Waals surface area (Å²) in [7, 11) is 0. The summed E-state index contributed by atoms with van der Waals surface area (Å²) >= 11 is 0. The number of aliphatic hydroxyl groups is 1. The van der Waals surface area contributed by atoms with Crippen molar-refractivity contribution in [3.05, 3.63) is 53.2 Å². The van der Waals surface area contributed by atoms with Crippen LogP contribution < -0.4 is 5.32 Å². The Labute approximate surface area is 190 Å². The van der Waals surface area contributed by atoms with Crippen molar-refractivity contribution in [3.8, 4) is 6.07 Å². The molecule has 0 atom stereocenters. The van der Waals surface area contributed by atoms with Gasteiger partial charge in [0.05, 0.1) is 6.61 Å². The third-order valence-corrected chi connectivity index (χ3v) is 5.92. The molecule has 0 radical (unpaired) electrons. The number of carbonyl (C=O) groups is 1. The van der Waals surface area contributed by atoms with E-state index >= 15 is 0 Å². The lowest BCUT2D eigenvalue weighted by molar-refractivity contribution is 0.0948. The summed E-state index contributed by atoms with van der Waals surface area (Å²) in [6, 6.07) is 1.91. The fraction of sp³-hybridized carbons (Fsp3) is 0.542. The Hall–Kier alpha value is -2.73. The molecule has 0 bridgehead atoms. The second kappa shape index (κ2) is 13.0. The topological polar surface area (TPSA) is 108 Å². The monoisotopic (exact) mass is 438 g/mol. The largest absolute Gasteiger partial charge is 0.395 e. The van der Waals surface area contributed by atoms with E-state index in [-0.39, 0.29) is 24.0 Å². The average molecular weight is 439 g/mol. The van der Waals surface area contributed by atoms with Crippen LogP contribution in [0.15, 0.2) is 41.6 Å². The van der Waals surface area contributed by atoms with Gasteiger partial charge in [0.2, 0.25) is 0 Å². The van der Waals surface area contributed by atoms with Gasteiger partial charge in [0.1, 0.15) is 6.07 Å². The molecular weight excluding hydrogens is 404 g/mol. The maximum absolute atomic E-state index is 12.2. The van der Waals surface area contributed by atoms with Gasteiger partial charge in [0, 0.05) is 52.0 Å². The van der Waals surface area contributed by atoms with Gasteiger partial charge in [-0.25, -0.2) is 4.98 Å². The molecule has 32 heavy (non-hydrogen) atoms. The number of H-pyrrole nitrogens is 1. The summed E-state index contributed by atoms with van der Waals surface area (Å²) in [6.45, 7) is 6.17. The highest BCUT2D eigenvalue weighted by Gasteiger charge is 2.16. The van der Waals surface area contributed by atoms with E-state index in [2.05, 4.69) is 43.3 Å². The molecule has 0 saturated carbocycles. The number of rotatable bonds is 10. The van der Waals surface area contributed by atoms with Crippen LogP contribution in [-0.4, -0.2) is 83.2 Å². The maximum Gasteiger partial charge on any atom is 0.287 e. The van der Waals surface area contributed by atoms with E-state index in [4.69, 9.17) is 10.4 Å². The van der Waals surface area contributed by atoms with Gasteiger partial charge in [0.25, 0.3) is 5.91 Å². The number of aromatic amines is 1. The molecule has 3 rings (SSSR count). The minimum absolute atomic E-state index is 0.149. The van der Waals surface area contributed by atoms with Crippen molar-refractivity contribution in [2.24, 2.45) is 0 Å². The van der Waals surface area contributed by atoms with Crippen molar-refractivity contribution < 1.29 is 9.90 Å². The highest BCUT2D eigenvalue weighted by Crippen LogP contribution is 2.21. The van der Waals surface area contributed by atoms with Gasteiger partial charge < -0.3 is 15.4 Å². The van der Waals surface area contributed by atoms with Crippen molar-refractivity contribution in [1.82, 2.24) is 25.1 Å². The van der Waals surface area contributed by atoms with Crippen molar-refractivity contribution in [2.45, 2.75) is 32.1 Å². The van der Waals surface area contributed by atoms with Gasteiger partial charge in [-0.15, -0.1) is 0 Å². The standard InChI is InChI=1S/C24H34N6O2/c25-17-22-18-27-23(28-22)24(32)26-10-4-7-21(9-8-20-5-2-1-3-6-20)19-30-13-11-29(12-14-30)15-16-31/h4-5,7,9,18,31H,1-3,6,8,10-16,19H2,(H,26,32)(H,27,28)/b7-4-,21-9+. The Morgan fingerprint density at radius 1 is 1.28 bits per heavy atom. The molecule has 1 aromatic rings. The Bertz CT molecular complexity index is 871. The van der Waals surface area contributed by atoms with Crippen molar-refractivity contribution in [1.29, 1.82) is 5.26 Å². The number of piperazine rings is 1. The molecule has 8 heteroatoms. The molecule has 0 aromatic carbocycles. The molecule has 0 spiro atoms. The average Bonchev–Trinajstić information content (AvgIpc) is 3.31. The van der Waals surface area contributed by atoms with Gasteiger partial charge in [-0.1, -0.05) is 29.9 Å². The normalized spacial score (nSPS) is 18.5. The SMILES string of the molecule is N#Cc1c[nH]c(C(=O)NC/C=C\C(=C/CC2=CCCCC2)CN2CCN(CCO)CC2)n1. The first-order valence-electron chi connectivity index (χ1n) is 11.5. The number of nitrogens with one attached hydrogen (secondary N) is 2. The van der Waals surface area contributed by atoms with Crippen LogP contribution in [-0.2, 0) is 0 Å². The van der Waals surface area contributed by atoms with Crippen LogP contribution >= 0.6 is 0 Å². The third kappa shape index (κ3) is 7.75. The van der Waals surface area contributed by atoms with E-state index < -0.39 is 0 Å². The summed E-state index contributed by atoms with van der Waals surface area (Å²) in [5, 5.41) is 20.8. The lowest BCUT2D eigenvalue weighted by Crippen LogP contribution is -2.47. The summed E-state index contributed by atoms with van der Waals surface area (Å²) < 4.78 is 0. The number of nitrogens with zero attached hydrogens (tertiary/aromatic N) is 4. The summed E-state index contributed by atoms with van der Waals surface area (Å²) in [6.07, 6.45) is 16.1. The van der Waals surface area contributed by atoms with Gasteiger partial charge in [-0.2, -0.15) is 5.26 Å². The molecule has 1 aliphatic heterocycles. The van der Waals surface area contributed by atoms with Crippen LogP contribution in [0.3, 0.4) is 0 Å². The van der Waals surface area contributed by atoms with Crippen LogP contribution in [0.4, 0.5) is 0 Å². The predicted octanol–water partition coefficient (Wildman–Crippen LogP) is 1.99. The predicted molar refractivity (Wildman–Crippen MR) is 124 cm³/mol. The number of aromatic nitrogens is 2.